The molecule has 19 heavy (non-hydrogen) atoms. The van der Waals surface area contributed by atoms with Crippen LogP contribution in [0.15, 0.2) is 12.1 Å². The number of nitrogens with two attached hydrogens (primary N) is 1. The first-order valence-corrected chi connectivity index (χ1v) is 6.11. The molecular weight excluding hydrogens is 246 g/mol. The Hall–Kier alpha value is -2.18. The second kappa shape index (κ2) is 6.67. The Morgan fingerprint density at radius 3 is 2.47 bits per heavy atom. The number of nitrogens with one attached hydrogen (secondary N) is 1. The fraction of sp³-hybridized carbons (Fsp3) is 0.500. The maximum Gasteiger partial charge on any atom is 0.269 e. The number of carbonyl (C=O) groups excluding carboxylic acids is 2. The van der Waals surface area contributed by atoms with Crippen molar-refractivity contribution in [3.8, 4) is 0 Å². The van der Waals surface area contributed by atoms with Gasteiger partial charge in [0, 0.05) is 12.6 Å². The zero-order valence-corrected chi connectivity index (χ0v) is 11.4. The van der Waals surface area contributed by atoms with Gasteiger partial charge in [-0.25, -0.2) is 0 Å². The van der Waals surface area contributed by atoms with Crippen molar-refractivity contribution < 1.29 is 9.59 Å². The topological polar surface area (TPSA) is 101 Å². The maximum absolute atomic E-state index is 11.7. The van der Waals surface area contributed by atoms with E-state index in [1.165, 1.54) is 6.07 Å². The summed E-state index contributed by atoms with van der Waals surface area (Å²) in [5, 5.41) is 10.4. The number of aromatic nitrogens is 2. The van der Waals surface area contributed by atoms with E-state index in [9.17, 15) is 9.59 Å². The summed E-state index contributed by atoms with van der Waals surface area (Å²) in [4.78, 5) is 24.3. The van der Waals surface area contributed by atoms with Crippen molar-refractivity contribution >= 4 is 17.6 Å². The van der Waals surface area contributed by atoms with Crippen LogP contribution in [-0.2, 0) is 4.79 Å². The summed E-state index contributed by atoms with van der Waals surface area (Å²) in [6, 6.07) is 3.21. The molecule has 0 bridgehead atoms. The van der Waals surface area contributed by atoms with E-state index < -0.39 is 5.91 Å². The van der Waals surface area contributed by atoms with E-state index in [1.807, 2.05) is 20.8 Å². The van der Waals surface area contributed by atoms with Gasteiger partial charge < -0.3 is 16.0 Å². The van der Waals surface area contributed by atoms with Gasteiger partial charge in [-0.2, -0.15) is 0 Å². The number of amides is 2. The first-order chi connectivity index (χ1) is 8.93. The highest BCUT2D eigenvalue weighted by molar-refractivity contribution is 5.90. The number of rotatable bonds is 6. The van der Waals surface area contributed by atoms with E-state index in [4.69, 9.17) is 5.73 Å². The van der Waals surface area contributed by atoms with Crippen LogP contribution < -0.4 is 16.0 Å². The van der Waals surface area contributed by atoms with Gasteiger partial charge in [-0.05, 0) is 32.9 Å². The third kappa shape index (κ3) is 4.53. The van der Waals surface area contributed by atoms with Crippen LogP contribution in [0.5, 0.6) is 0 Å². The first kappa shape index (κ1) is 14.9. The van der Waals surface area contributed by atoms with E-state index in [-0.39, 0.29) is 24.2 Å². The fourth-order valence-corrected chi connectivity index (χ4v) is 1.52. The Kier molecular flexibility index (Phi) is 5.23. The molecule has 0 saturated heterocycles. The molecule has 7 heteroatoms. The Morgan fingerprint density at radius 2 is 2.05 bits per heavy atom. The molecule has 1 aromatic rings. The van der Waals surface area contributed by atoms with Gasteiger partial charge in [-0.1, -0.05) is 0 Å². The number of hydrogen-bond acceptors (Lipinski definition) is 5. The van der Waals surface area contributed by atoms with Crippen molar-refractivity contribution in [3.63, 3.8) is 0 Å². The second-order valence-corrected chi connectivity index (χ2v) is 4.38. The largest absolute Gasteiger partial charge is 0.364 e. The number of likely N-dealkylation sites (N-methyl/N-ethyl adjacent to an activating group) is 1. The van der Waals surface area contributed by atoms with Crippen molar-refractivity contribution in [2.45, 2.75) is 26.8 Å². The zero-order valence-electron chi connectivity index (χ0n) is 11.4. The number of primary amides is 1. The van der Waals surface area contributed by atoms with E-state index in [1.54, 1.807) is 11.0 Å². The molecule has 0 saturated carbocycles. The fourth-order valence-electron chi connectivity index (χ4n) is 1.52. The predicted octanol–water partition coefficient (Wildman–Crippen LogP) is -0.0736. The van der Waals surface area contributed by atoms with Crippen LogP contribution in [0.4, 0.5) is 5.82 Å². The summed E-state index contributed by atoms with van der Waals surface area (Å²) >= 11 is 0. The molecule has 104 valence electrons. The molecule has 2 amide bonds. The molecule has 0 atom stereocenters. The lowest BCUT2D eigenvalue weighted by molar-refractivity contribution is -0.120. The summed E-state index contributed by atoms with van der Waals surface area (Å²) in [6.07, 6.45) is 0. The van der Waals surface area contributed by atoms with Gasteiger partial charge in [0.1, 0.15) is 0 Å². The molecule has 0 unspecified atom stereocenters. The minimum atomic E-state index is -0.625. The van der Waals surface area contributed by atoms with Gasteiger partial charge in [-0.3, -0.25) is 9.59 Å². The Morgan fingerprint density at radius 1 is 1.37 bits per heavy atom. The summed E-state index contributed by atoms with van der Waals surface area (Å²) in [7, 11) is 0. The van der Waals surface area contributed by atoms with Crippen LogP contribution in [0.3, 0.4) is 0 Å². The molecule has 3 N–H and O–H groups in total. The smallest absolute Gasteiger partial charge is 0.269 e. The number of nitrogens with zero attached hydrogens (tertiary/aromatic N) is 3. The lowest BCUT2D eigenvalue weighted by Gasteiger charge is -2.21. The molecule has 0 aromatic carbocycles. The Labute approximate surface area is 112 Å². The van der Waals surface area contributed by atoms with Crippen molar-refractivity contribution in [3.05, 3.63) is 17.8 Å². The summed E-state index contributed by atoms with van der Waals surface area (Å²) < 4.78 is 0. The third-order valence-electron chi connectivity index (χ3n) is 2.39. The number of anilines is 1. The lowest BCUT2D eigenvalue weighted by atomic mass is 10.3. The highest BCUT2D eigenvalue weighted by Crippen LogP contribution is 2.08. The summed E-state index contributed by atoms with van der Waals surface area (Å²) in [5.41, 5.74) is 5.19. The third-order valence-corrected chi connectivity index (χ3v) is 2.39. The highest BCUT2D eigenvalue weighted by atomic mass is 16.2. The molecule has 7 nitrogen and oxygen atoms in total. The molecule has 1 rings (SSSR count). The number of hydrogen-bond donors (Lipinski definition) is 2. The Bertz CT molecular complexity index is 444. The van der Waals surface area contributed by atoms with Gasteiger partial charge >= 0.3 is 0 Å². The minimum Gasteiger partial charge on any atom is -0.364 e. The monoisotopic (exact) mass is 265 g/mol. The van der Waals surface area contributed by atoms with Crippen LogP contribution >= 0.6 is 0 Å². The molecule has 0 aliphatic heterocycles. The van der Waals surface area contributed by atoms with E-state index >= 15 is 0 Å². The minimum absolute atomic E-state index is 0.0855. The molecule has 0 spiro atoms. The molecule has 1 heterocycles. The van der Waals surface area contributed by atoms with Crippen LogP contribution in [0, 0.1) is 0 Å². The molecule has 0 fully saturated rings. The van der Waals surface area contributed by atoms with E-state index in [0.29, 0.717) is 12.4 Å². The van der Waals surface area contributed by atoms with Gasteiger partial charge in [-0.15, -0.1) is 10.2 Å². The standard InChI is InChI=1S/C12H19N5O2/c1-4-17(7-11(18)14-8(2)3)10-6-5-9(12(13)19)15-16-10/h5-6,8H,4,7H2,1-3H3,(H2,13,19)(H,14,18). The summed E-state index contributed by atoms with van der Waals surface area (Å²) in [6.45, 7) is 6.51. The van der Waals surface area contributed by atoms with Crippen LogP contribution in [0.1, 0.15) is 31.3 Å². The highest BCUT2D eigenvalue weighted by Gasteiger charge is 2.13. The lowest BCUT2D eigenvalue weighted by Crippen LogP contribution is -2.40. The SMILES string of the molecule is CCN(CC(=O)NC(C)C)c1ccc(C(N)=O)nn1. The molecule has 1 aromatic heterocycles. The van der Waals surface area contributed by atoms with Gasteiger partial charge in [0.15, 0.2) is 11.5 Å². The molecule has 0 aliphatic carbocycles. The van der Waals surface area contributed by atoms with Gasteiger partial charge in [0.05, 0.1) is 6.54 Å². The van der Waals surface area contributed by atoms with E-state index in [2.05, 4.69) is 15.5 Å². The molecule has 0 radical (unpaired) electrons. The predicted molar refractivity (Wildman–Crippen MR) is 71.7 cm³/mol. The summed E-state index contributed by atoms with van der Waals surface area (Å²) in [5.74, 6) is -0.177. The van der Waals surface area contributed by atoms with Gasteiger partial charge in [0.2, 0.25) is 5.91 Å². The molecular formula is C12H19N5O2. The van der Waals surface area contributed by atoms with Crippen LogP contribution in [0.25, 0.3) is 0 Å². The maximum atomic E-state index is 11.7. The van der Waals surface area contributed by atoms with Crippen LogP contribution in [0.2, 0.25) is 0 Å². The average Bonchev–Trinajstić information content (AvgIpc) is 2.35. The van der Waals surface area contributed by atoms with Crippen molar-refractivity contribution in [2.75, 3.05) is 18.0 Å². The average molecular weight is 265 g/mol. The number of carbonyl (C=O) groups is 2. The zero-order chi connectivity index (χ0) is 14.4. The first-order valence-electron chi connectivity index (χ1n) is 6.11. The van der Waals surface area contributed by atoms with Crippen molar-refractivity contribution in [2.24, 2.45) is 5.73 Å². The van der Waals surface area contributed by atoms with E-state index in [0.717, 1.165) is 0 Å². The van der Waals surface area contributed by atoms with Crippen molar-refractivity contribution in [1.82, 2.24) is 15.5 Å². The Balaban J connectivity index is 2.74. The van der Waals surface area contributed by atoms with Crippen molar-refractivity contribution in [1.29, 1.82) is 0 Å². The quantitative estimate of drug-likeness (QED) is 0.749. The normalized spacial score (nSPS) is 10.3. The molecule has 0 aliphatic rings. The van der Waals surface area contributed by atoms with Crippen LogP contribution in [-0.4, -0.2) is 41.1 Å². The second-order valence-electron chi connectivity index (χ2n) is 4.38. The van der Waals surface area contributed by atoms with Gasteiger partial charge in [0.25, 0.3) is 5.91 Å².